The van der Waals surface area contributed by atoms with Gasteiger partial charge in [-0.1, -0.05) is 24.3 Å². The SMILES string of the molecule is Cn1cc(CC2CC(=O)N(Cc3cccc4cccnc34)C2=O)cn1. The Morgan fingerprint density at radius 2 is 2.04 bits per heavy atom. The number of nitrogens with zero attached hydrogens (tertiary/aromatic N) is 4. The Morgan fingerprint density at radius 3 is 2.84 bits per heavy atom. The van der Waals surface area contributed by atoms with Gasteiger partial charge in [0.15, 0.2) is 0 Å². The molecule has 1 atom stereocenters. The minimum atomic E-state index is -0.306. The van der Waals surface area contributed by atoms with E-state index in [4.69, 9.17) is 0 Å². The number of aromatic nitrogens is 3. The van der Waals surface area contributed by atoms with Crippen LogP contribution in [0, 0.1) is 5.92 Å². The number of carbonyl (C=O) groups is 2. The third-order valence-electron chi connectivity index (χ3n) is 4.62. The molecule has 0 N–H and O–H groups in total. The number of fused-ring (bicyclic) bond motifs is 1. The molecule has 6 heteroatoms. The molecule has 0 radical (unpaired) electrons. The Morgan fingerprint density at radius 1 is 1.20 bits per heavy atom. The summed E-state index contributed by atoms with van der Waals surface area (Å²) in [5, 5.41) is 5.13. The fraction of sp³-hybridized carbons (Fsp3) is 0.263. The molecule has 3 heterocycles. The fourth-order valence-electron chi connectivity index (χ4n) is 3.40. The minimum Gasteiger partial charge on any atom is -0.278 e. The number of likely N-dealkylation sites (tertiary alicyclic amines) is 1. The van der Waals surface area contributed by atoms with Crippen molar-refractivity contribution in [2.45, 2.75) is 19.4 Å². The summed E-state index contributed by atoms with van der Waals surface area (Å²) in [6.07, 6.45) is 6.16. The smallest absolute Gasteiger partial charge is 0.233 e. The molecule has 3 aromatic rings. The van der Waals surface area contributed by atoms with Crippen LogP contribution in [0.3, 0.4) is 0 Å². The standard InChI is InChI=1S/C19H18N4O2/c1-22-11-13(10-21-22)8-16-9-17(24)23(19(16)25)12-15-5-2-4-14-6-3-7-20-18(14)15/h2-7,10-11,16H,8-9,12H2,1H3. The van der Waals surface area contributed by atoms with Crippen LogP contribution < -0.4 is 0 Å². The molecule has 126 valence electrons. The van der Waals surface area contributed by atoms with Crippen LogP contribution in [0.25, 0.3) is 10.9 Å². The van der Waals surface area contributed by atoms with E-state index in [1.807, 2.05) is 43.6 Å². The zero-order valence-electron chi connectivity index (χ0n) is 13.9. The number of imide groups is 1. The predicted octanol–water partition coefficient (Wildman–Crippen LogP) is 2.09. The number of para-hydroxylation sites is 1. The van der Waals surface area contributed by atoms with Gasteiger partial charge in [0.05, 0.1) is 24.2 Å². The monoisotopic (exact) mass is 334 g/mol. The summed E-state index contributed by atoms with van der Waals surface area (Å²) >= 11 is 0. The lowest BCUT2D eigenvalue weighted by Crippen LogP contribution is -2.30. The molecule has 0 saturated carbocycles. The maximum Gasteiger partial charge on any atom is 0.233 e. The van der Waals surface area contributed by atoms with Gasteiger partial charge in [-0.25, -0.2) is 0 Å². The van der Waals surface area contributed by atoms with Gasteiger partial charge in [0, 0.05) is 31.2 Å². The van der Waals surface area contributed by atoms with Crippen molar-refractivity contribution in [2.24, 2.45) is 13.0 Å². The predicted molar refractivity (Wildman–Crippen MR) is 92.3 cm³/mol. The first-order valence-corrected chi connectivity index (χ1v) is 8.26. The number of aryl methyl sites for hydroxylation is 1. The molecular weight excluding hydrogens is 316 g/mol. The highest BCUT2D eigenvalue weighted by Crippen LogP contribution is 2.26. The zero-order valence-corrected chi connectivity index (χ0v) is 13.9. The summed E-state index contributed by atoms with van der Waals surface area (Å²) in [4.78, 5) is 30.9. The van der Waals surface area contributed by atoms with Crippen LogP contribution >= 0.6 is 0 Å². The highest BCUT2D eigenvalue weighted by atomic mass is 16.2. The van der Waals surface area contributed by atoms with E-state index in [9.17, 15) is 9.59 Å². The fourth-order valence-corrected chi connectivity index (χ4v) is 3.40. The van der Waals surface area contributed by atoms with Gasteiger partial charge in [0.1, 0.15) is 0 Å². The van der Waals surface area contributed by atoms with Crippen molar-refractivity contribution < 1.29 is 9.59 Å². The molecule has 2 aromatic heterocycles. The van der Waals surface area contributed by atoms with Crippen LogP contribution in [-0.2, 0) is 29.6 Å². The van der Waals surface area contributed by atoms with Crippen molar-refractivity contribution in [3.63, 3.8) is 0 Å². The van der Waals surface area contributed by atoms with Crippen LogP contribution in [0.15, 0.2) is 48.9 Å². The molecule has 0 spiro atoms. The van der Waals surface area contributed by atoms with Crippen LogP contribution in [0.4, 0.5) is 0 Å². The van der Waals surface area contributed by atoms with E-state index in [1.165, 1.54) is 4.90 Å². The van der Waals surface area contributed by atoms with Crippen molar-refractivity contribution >= 4 is 22.7 Å². The summed E-state index contributed by atoms with van der Waals surface area (Å²) in [6, 6.07) is 9.68. The maximum absolute atomic E-state index is 12.7. The number of hydrogen-bond donors (Lipinski definition) is 0. The molecule has 1 aliphatic rings. The van der Waals surface area contributed by atoms with Crippen LogP contribution in [0.5, 0.6) is 0 Å². The lowest BCUT2D eigenvalue weighted by Gasteiger charge is -2.16. The molecule has 1 aromatic carbocycles. The third kappa shape index (κ3) is 2.91. The molecule has 6 nitrogen and oxygen atoms in total. The number of rotatable bonds is 4. The van der Waals surface area contributed by atoms with Gasteiger partial charge < -0.3 is 0 Å². The molecular formula is C19H18N4O2. The molecule has 25 heavy (non-hydrogen) atoms. The van der Waals surface area contributed by atoms with E-state index in [-0.39, 0.29) is 30.7 Å². The number of pyridine rings is 1. The Kier molecular flexibility index (Phi) is 3.80. The van der Waals surface area contributed by atoms with E-state index in [1.54, 1.807) is 17.1 Å². The maximum atomic E-state index is 12.7. The molecule has 1 saturated heterocycles. The van der Waals surface area contributed by atoms with E-state index in [0.29, 0.717) is 6.42 Å². The Hall–Kier alpha value is -3.02. The average Bonchev–Trinajstić information content (AvgIpc) is 3.13. The quantitative estimate of drug-likeness (QED) is 0.685. The van der Waals surface area contributed by atoms with Gasteiger partial charge in [0.2, 0.25) is 11.8 Å². The van der Waals surface area contributed by atoms with Crippen LogP contribution in [-0.4, -0.2) is 31.5 Å². The van der Waals surface area contributed by atoms with E-state index >= 15 is 0 Å². The van der Waals surface area contributed by atoms with E-state index < -0.39 is 0 Å². The van der Waals surface area contributed by atoms with Gasteiger partial charge in [0.25, 0.3) is 0 Å². The number of carbonyl (C=O) groups excluding carboxylic acids is 2. The Labute approximate surface area is 145 Å². The highest BCUT2D eigenvalue weighted by Gasteiger charge is 2.38. The number of hydrogen-bond acceptors (Lipinski definition) is 4. The average molecular weight is 334 g/mol. The summed E-state index contributed by atoms with van der Waals surface area (Å²) in [5.74, 6) is -0.534. The second-order valence-electron chi connectivity index (χ2n) is 6.44. The summed E-state index contributed by atoms with van der Waals surface area (Å²) in [6.45, 7) is 0.273. The van der Waals surface area contributed by atoms with E-state index in [0.717, 1.165) is 22.0 Å². The van der Waals surface area contributed by atoms with Gasteiger partial charge in [-0.3, -0.25) is 24.2 Å². The van der Waals surface area contributed by atoms with Crippen molar-refractivity contribution in [3.8, 4) is 0 Å². The van der Waals surface area contributed by atoms with Crippen molar-refractivity contribution in [1.29, 1.82) is 0 Å². The zero-order chi connectivity index (χ0) is 17.4. The molecule has 2 amide bonds. The molecule has 0 bridgehead atoms. The first-order valence-electron chi connectivity index (χ1n) is 8.26. The molecule has 1 unspecified atom stereocenters. The topological polar surface area (TPSA) is 68.1 Å². The third-order valence-corrected chi connectivity index (χ3v) is 4.62. The molecule has 0 aliphatic carbocycles. The summed E-state index contributed by atoms with van der Waals surface area (Å²) in [5.41, 5.74) is 2.70. The molecule has 1 aliphatic heterocycles. The number of amides is 2. The Balaban J connectivity index is 1.56. The van der Waals surface area contributed by atoms with Crippen molar-refractivity contribution in [1.82, 2.24) is 19.7 Å². The second-order valence-corrected chi connectivity index (χ2v) is 6.44. The second kappa shape index (κ2) is 6.12. The van der Waals surface area contributed by atoms with Crippen molar-refractivity contribution in [2.75, 3.05) is 0 Å². The largest absolute Gasteiger partial charge is 0.278 e. The number of benzene rings is 1. The van der Waals surface area contributed by atoms with Gasteiger partial charge >= 0.3 is 0 Å². The van der Waals surface area contributed by atoms with Gasteiger partial charge in [-0.05, 0) is 23.6 Å². The van der Waals surface area contributed by atoms with Crippen molar-refractivity contribution in [3.05, 3.63) is 60.0 Å². The lowest BCUT2D eigenvalue weighted by atomic mass is 10.0. The van der Waals surface area contributed by atoms with Gasteiger partial charge in [-0.15, -0.1) is 0 Å². The normalized spacial score (nSPS) is 17.6. The van der Waals surface area contributed by atoms with E-state index in [2.05, 4.69) is 10.1 Å². The summed E-state index contributed by atoms with van der Waals surface area (Å²) in [7, 11) is 1.84. The Bertz CT molecular complexity index is 957. The van der Waals surface area contributed by atoms with Crippen LogP contribution in [0.1, 0.15) is 17.5 Å². The minimum absolute atomic E-state index is 0.109. The molecule has 1 fully saturated rings. The van der Waals surface area contributed by atoms with Crippen LogP contribution in [0.2, 0.25) is 0 Å². The lowest BCUT2D eigenvalue weighted by molar-refractivity contribution is -0.140. The first kappa shape index (κ1) is 15.5. The van der Waals surface area contributed by atoms with Gasteiger partial charge in [-0.2, -0.15) is 5.10 Å². The first-order chi connectivity index (χ1) is 12.1. The summed E-state index contributed by atoms with van der Waals surface area (Å²) < 4.78 is 1.70. The highest BCUT2D eigenvalue weighted by molar-refractivity contribution is 6.03. The molecule has 4 rings (SSSR count).